The Morgan fingerprint density at radius 1 is 0.974 bits per heavy atom. The highest BCUT2D eigenvalue weighted by molar-refractivity contribution is 7.16. The van der Waals surface area contributed by atoms with E-state index < -0.39 is 23.7 Å². The third-order valence-electron chi connectivity index (χ3n) is 5.08. The molecule has 3 aromatic heterocycles. The van der Waals surface area contributed by atoms with Crippen molar-refractivity contribution in [2.75, 3.05) is 10.6 Å². The highest BCUT2D eigenvalue weighted by Crippen LogP contribution is 2.30. The van der Waals surface area contributed by atoms with Crippen LogP contribution in [0.2, 0.25) is 0 Å². The Morgan fingerprint density at radius 2 is 1.76 bits per heavy atom. The van der Waals surface area contributed by atoms with Gasteiger partial charge >= 0.3 is 12.2 Å². The molecule has 3 heterocycles. The maximum Gasteiger partial charge on any atom is 0.416 e. The molecule has 3 N–H and O–H groups in total. The summed E-state index contributed by atoms with van der Waals surface area (Å²) in [6.45, 7) is 2.15. The molecule has 0 unspecified atom stereocenters. The summed E-state index contributed by atoms with van der Waals surface area (Å²) >= 11 is 1.18. The SMILES string of the molecule is Cc1ccc(C(=O)Nc2cc(C(F)(F)F)ccn2)cc1C#Cc1cnc(NC(=O)NCc2ccncc2)s1. The molecule has 0 saturated heterocycles. The monoisotopic (exact) mass is 536 g/mol. The van der Waals surface area contributed by atoms with Crippen molar-refractivity contribution in [3.63, 3.8) is 0 Å². The van der Waals surface area contributed by atoms with Crippen LogP contribution in [0, 0.1) is 18.8 Å². The molecule has 0 aliphatic rings. The number of benzene rings is 1. The van der Waals surface area contributed by atoms with Gasteiger partial charge in [0.15, 0.2) is 5.13 Å². The third-order valence-corrected chi connectivity index (χ3v) is 5.91. The summed E-state index contributed by atoms with van der Waals surface area (Å²) in [6.07, 6.45) is 1.22. The molecule has 4 rings (SSSR count). The van der Waals surface area contributed by atoms with Gasteiger partial charge in [-0.05, 0) is 60.4 Å². The minimum absolute atomic E-state index is 0.205. The molecule has 8 nitrogen and oxygen atoms in total. The summed E-state index contributed by atoms with van der Waals surface area (Å²) in [6, 6.07) is 9.53. The van der Waals surface area contributed by atoms with Crippen LogP contribution in [0.5, 0.6) is 0 Å². The summed E-state index contributed by atoms with van der Waals surface area (Å²) in [5, 5.41) is 8.11. The second-order valence-corrected chi connectivity index (χ2v) is 8.88. The fraction of sp³-hybridized carbons (Fsp3) is 0.115. The Kier molecular flexibility index (Phi) is 7.98. The molecule has 12 heteroatoms. The molecule has 1 aromatic carbocycles. The third kappa shape index (κ3) is 7.14. The zero-order chi connectivity index (χ0) is 27.1. The molecule has 0 fully saturated rings. The first-order chi connectivity index (χ1) is 18.2. The fourth-order valence-electron chi connectivity index (χ4n) is 3.10. The summed E-state index contributed by atoms with van der Waals surface area (Å²) in [4.78, 5) is 37.2. The normalized spacial score (nSPS) is 10.7. The van der Waals surface area contributed by atoms with Crippen molar-refractivity contribution >= 4 is 34.2 Å². The summed E-state index contributed by atoms with van der Waals surface area (Å²) < 4.78 is 38.8. The zero-order valence-corrected chi connectivity index (χ0v) is 20.6. The van der Waals surface area contributed by atoms with Gasteiger partial charge in [0.1, 0.15) is 5.82 Å². The highest BCUT2D eigenvalue weighted by atomic mass is 32.1. The van der Waals surface area contributed by atoms with Crippen molar-refractivity contribution in [2.24, 2.45) is 0 Å². The number of carbonyl (C=O) groups is 2. The van der Waals surface area contributed by atoms with Gasteiger partial charge in [-0.3, -0.25) is 15.1 Å². The molecule has 0 spiro atoms. The van der Waals surface area contributed by atoms with Crippen LogP contribution in [0.15, 0.2) is 67.3 Å². The van der Waals surface area contributed by atoms with Crippen molar-refractivity contribution in [1.82, 2.24) is 20.3 Å². The van der Waals surface area contributed by atoms with Crippen LogP contribution in [0.1, 0.15) is 37.5 Å². The standard InChI is InChI=1S/C26H19F3N6O2S/c1-16-2-3-19(23(36)34-22-13-20(8-11-31-22)26(27,28)29)12-18(16)4-5-21-15-33-25(38-21)35-24(37)32-14-17-6-9-30-10-7-17/h2-3,6-13,15H,14H2,1H3,(H,31,34,36)(H2,32,33,35,37). The number of alkyl halides is 3. The summed E-state index contributed by atoms with van der Waals surface area (Å²) in [7, 11) is 0. The number of aryl methyl sites for hydroxylation is 1. The van der Waals surface area contributed by atoms with Crippen molar-refractivity contribution < 1.29 is 22.8 Å². The molecule has 0 radical (unpaired) electrons. The Bertz CT molecular complexity index is 1530. The van der Waals surface area contributed by atoms with Gasteiger partial charge in [-0.2, -0.15) is 13.2 Å². The zero-order valence-electron chi connectivity index (χ0n) is 19.8. The second kappa shape index (κ2) is 11.5. The number of rotatable bonds is 5. The molecule has 0 aliphatic carbocycles. The lowest BCUT2D eigenvalue weighted by atomic mass is 10.0. The average molecular weight is 537 g/mol. The molecule has 3 amide bonds. The van der Waals surface area contributed by atoms with Crippen molar-refractivity contribution in [3.8, 4) is 11.8 Å². The molecule has 192 valence electrons. The van der Waals surface area contributed by atoms with Crippen LogP contribution in [0.4, 0.5) is 28.9 Å². The predicted octanol–water partition coefficient (Wildman–Crippen LogP) is 5.23. The Hall–Kier alpha value is -4.76. The van der Waals surface area contributed by atoms with E-state index in [-0.39, 0.29) is 11.4 Å². The van der Waals surface area contributed by atoms with Gasteiger partial charge in [-0.15, -0.1) is 0 Å². The number of carbonyl (C=O) groups excluding carboxylic acids is 2. The van der Waals surface area contributed by atoms with Crippen LogP contribution in [-0.2, 0) is 12.7 Å². The van der Waals surface area contributed by atoms with Crippen LogP contribution < -0.4 is 16.0 Å². The number of thiazole rings is 1. The number of amides is 3. The van der Waals surface area contributed by atoms with Crippen LogP contribution >= 0.6 is 11.3 Å². The van der Waals surface area contributed by atoms with Crippen LogP contribution in [-0.4, -0.2) is 26.9 Å². The summed E-state index contributed by atoms with van der Waals surface area (Å²) in [5.74, 6) is 5.09. The minimum Gasteiger partial charge on any atom is -0.334 e. The number of anilines is 2. The van der Waals surface area contributed by atoms with E-state index in [2.05, 4.69) is 42.7 Å². The first-order valence-electron chi connectivity index (χ1n) is 11.0. The second-order valence-electron chi connectivity index (χ2n) is 7.85. The Balaban J connectivity index is 1.40. The molecular formula is C26H19F3N6O2S. The number of halogens is 3. The number of aromatic nitrogens is 3. The van der Waals surface area contributed by atoms with Gasteiger partial charge in [-0.25, -0.2) is 14.8 Å². The number of hydrogen-bond acceptors (Lipinski definition) is 6. The molecule has 0 saturated carbocycles. The van der Waals surface area contributed by atoms with Crippen molar-refractivity contribution in [3.05, 3.63) is 99.9 Å². The number of urea groups is 1. The van der Waals surface area contributed by atoms with Gasteiger partial charge in [-0.1, -0.05) is 23.3 Å². The van der Waals surface area contributed by atoms with E-state index in [1.54, 1.807) is 36.7 Å². The Morgan fingerprint density at radius 3 is 2.53 bits per heavy atom. The molecule has 4 aromatic rings. The lowest BCUT2D eigenvalue weighted by Gasteiger charge is -2.09. The summed E-state index contributed by atoms with van der Waals surface area (Å²) in [5.41, 5.74) is 1.54. The smallest absolute Gasteiger partial charge is 0.334 e. The lowest BCUT2D eigenvalue weighted by Crippen LogP contribution is -2.28. The quantitative estimate of drug-likeness (QED) is 0.303. The van der Waals surface area contributed by atoms with Gasteiger partial charge in [0.05, 0.1) is 16.6 Å². The van der Waals surface area contributed by atoms with Crippen LogP contribution in [0.25, 0.3) is 0 Å². The molecule has 0 aliphatic heterocycles. The number of nitrogens with zero attached hydrogens (tertiary/aromatic N) is 3. The van der Waals surface area contributed by atoms with Gasteiger partial charge < -0.3 is 10.6 Å². The van der Waals surface area contributed by atoms with Crippen molar-refractivity contribution in [2.45, 2.75) is 19.6 Å². The van der Waals surface area contributed by atoms with Crippen molar-refractivity contribution in [1.29, 1.82) is 0 Å². The maximum atomic E-state index is 12.9. The highest BCUT2D eigenvalue weighted by Gasteiger charge is 2.30. The van der Waals surface area contributed by atoms with Gasteiger partial charge in [0.25, 0.3) is 5.91 Å². The van der Waals surface area contributed by atoms with Gasteiger partial charge in [0, 0.05) is 36.3 Å². The molecule has 38 heavy (non-hydrogen) atoms. The molecule has 0 bridgehead atoms. The largest absolute Gasteiger partial charge is 0.416 e. The number of pyridine rings is 2. The topological polar surface area (TPSA) is 109 Å². The Labute approximate surface area is 219 Å². The minimum atomic E-state index is -4.55. The predicted molar refractivity (Wildman–Crippen MR) is 137 cm³/mol. The number of hydrogen-bond donors (Lipinski definition) is 3. The average Bonchev–Trinajstić information content (AvgIpc) is 3.34. The lowest BCUT2D eigenvalue weighted by molar-refractivity contribution is -0.137. The van der Waals surface area contributed by atoms with Gasteiger partial charge in [0.2, 0.25) is 0 Å². The molecule has 0 atom stereocenters. The van der Waals surface area contributed by atoms with E-state index >= 15 is 0 Å². The first kappa shape index (κ1) is 26.3. The maximum absolute atomic E-state index is 12.9. The molecular weight excluding hydrogens is 517 g/mol. The van der Waals surface area contributed by atoms with E-state index in [1.807, 2.05) is 6.92 Å². The van der Waals surface area contributed by atoms with E-state index in [0.29, 0.717) is 22.1 Å². The van der Waals surface area contributed by atoms with E-state index in [1.165, 1.54) is 23.6 Å². The van der Waals surface area contributed by atoms with Crippen LogP contribution in [0.3, 0.4) is 0 Å². The van der Waals surface area contributed by atoms with E-state index in [4.69, 9.17) is 0 Å². The first-order valence-corrected chi connectivity index (χ1v) is 11.9. The van der Waals surface area contributed by atoms with E-state index in [0.717, 1.165) is 29.5 Å². The fourth-order valence-corrected chi connectivity index (χ4v) is 3.77. The van der Waals surface area contributed by atoms with E-state index in [9.17, 15) is 22.8 Å². The number of nitrogens with one attached hydrogen (secondary N) is 3.